The van der Waals surface area contributed by atoms with Gasteiger partial charge in [0.05, 0.1) is 12.5 Å². The first-order chi connectivity index (χ1) is 16.6. The molecule has 2 aliphatic heterocycles. The van der Waals surface area contributed by atoms with E-state index in [0.717, 1.165) is 63.3 Å². The van der Waals surface area contributed by atoms with E-state index in [1.54, 1.807) is 0 Å². The normalized spacial score (nSPS) is 19.1. The van der Waals surface area contributed by atoms with Gasteiger partial charge >= 0.3 is 5.97 Å². The Labute approximate surface area is 201 Å². The SMILES string of the molecule is CCOC(=O)[C@@H]1CCCN(C(=O)C2CCN(c3cc(Oc4ccc(CC)cc4)ncn3)CC2)C1. The van der Waals surface area contributed by atoms with E-state index in [-0.39, 0.29) is 23.7 Å². The summed E-state index contributed by atoms with van der Waals surface area (Å²) in [6.45, 7) is 7.00. The molecule has 0 saturated carbocycles. The maximum absolute atomic E-state index is 13.1. The number of hydrogen-bond donors (Lipinski definition) is 0. The number of esters is 1. The summed E-state index contributed by atoms with van der Waals surface area (Å²) in [5.74, 6) is 1.82. The zero-order valence-corrected chi connectivity index (χ0v) is 20.1. The lowest BCUT2D eigenvalue weighted by Crippen LogP contribution is -2.47. The molecular formula is C26H34N4O4. The second-order valence-electron chi connectivity index (χ2n) is 8.95. The summed E-state index contributed by atoms with van der Waals surface area (Å²) in [6, 6.07) is 9.85. The minimum atomic E-state index is -0.199. The summed E-state index contributed by atoms with van der Waals surface area (Å²) >= 11 is 0. The van der Waals surface area contributed by atoms with Gasteiger partial charge in [-0.2, -0.15) is 0 Å². The standard InChI is InChI=1S/C26H34N4O4/c1-3-19-7-9-22(10-8-19)34-24-16-23(27-18-28-24)29-14-11-20(12-15-29)25(31)30-13-5-6-21(17-30)26(32)33-4-2/h7-10,16,18,20-21H,3-6,11-15,17H2,1-2H3/t21-/m1/s1. The van der Waals surface area contributed by atoms with E-state index >= 15 is 0 Å². The summed E-state index contributed by atoms with van der Waals surface area (Å²) in [5.41, 5.74) is 1.26. The highest BCUT2D eigenvalue weighted by Gasteiger charge is 2.34. The molecule has 182 valence electrons. The molecule has 0 bridgehead atoms. The van der Waals surface area contributed by atoms with Gasteiger partial charge in [0.1, 0.15) is 17.9 Å². The van der Waals surface area contributed by atoms with Gasteiger partial charge in [-0.05, 0) is 56.7 Å². The Morgan fingerprint density at radius 1 is 1.00 bits per heavy atom. The molecule has 1 amide bonds. The lowest BCUT2D eigenvalue weighted by Gasteiger charge is -2.37. The third-order valence-corrected chi connectivity index (χ3v) is 6.70. The minimum Gasteiger partial charge on any atom is -0.466 e. The van der Waals surface area contributed by atoms with Crippen LogP contribution in [0.4, 0.5) is 5.82 Å². The molecule has 3 heterocycles. The van der Waals surface area contributed by atoms with Crippen molar-refractivity contribution in [1.29, 1.82) is 0 Å². The number of aryl methyl sites for hydroxylation is 1. The van der Waals surface area contributed by atoms with Crippen molar-refractivity contribution in [2.75, 3.05) is 37.7 Å². The van der Waals surface area contributed by atoms with Crippen LogP contribution in [0.3, 0.4) is 0 Å². The number of aromatic nitrogens is 2. The van der Waals surface area contributed by atoms with Gasteiger partial charge in [-0.25, -0.2) is 9.97 Å². The highest BCUT2D eigenvalue weighted by molar-refractivity contribution is 5.80. The number of nitrogens with zero attached hydrogens (tertiary/aromatic N) is 4. The summed E-state index contributed by atoms with van der Waals surface area (Å²) < 4.78 is 11.1. The van der Waals surface area contributed by atoms with Crippen LogP contribution in [0.5, 0.6) is 11.6 Å². The highest BCUT2D eigenvalue weighted by atomic mass is 16.5. The number of benzene rings is 1. The second kappa shape index (κ2) is 11.3. The van der Waals surface area contributed by atoms with Gasteiger partial charge < -0.3 is 19.3 Å². The number of carbonyl (C=O) groups is 2. The second-order valence-corrected chi connectivity index (χ2v) is 8.95. The Balaban J connectivity index is 1.31. The van der Waals surface area contributed by atoms with Gasteiger partial charge in [0, 0.05) is 38.2 Å². The molecule has 2 aromatic rings. The molecule has 2 saturated heterocycles. The molecule has 1 aromatic carbocycles. The summed E-state index contributed by atoms with van der Waals surface area (Å²) in [6.07, 6.45) is 5.67. The number of hydrogen-bond acceptors (Lipinski definition) is 7. The number of likely N-dealkylation sites (tertiary alicyclic amines) is 1. The van der Waals surface area contributed by atoms with E-state index in [1.165, 1.54) is 11.9 Å². The van der Waals surface area contributed by atoms with Crippen LogP contribution < -0.4 is 9.64 Å². The first-order valence-corrected chi connectivity index (χ1v) is 12.4. The minimum absolute atomic E-state index is 0.0215. The van der Waals surface area contributed by atoms with E-state index < -0.39 is 0 Å². The zero-order chi connectivity index (χ0) is 23.9. The Kier molecular flexibility index (Phi) is 7.98. The molecule has 2 fully saturated rings. The monoisotopic (exact) mass is 466 g/mol. The first kappa shape index (κ1) is 24.0. The zero-order valence-electron chi connectivity index (χ0n) is 20.1. The van der Waals surface area contributed by atoms with Gasteiger partial charge in [-0.3, -0.25) is 9.59 Å². The van der Waals surface area contributed by atoms with Crippen LogP contribution in [0.25, 0.3) is 0 Å². The Morgan fingerprint density at radius 3 is 2.47 bits per heavy atom. The summed E-state index contributed by atoms with van der Waals surface area (Å²) in [4.78, 5) is 38.0. The average molecular weight is 467 g/mol. The molecule has 0 aliphatic carbocycles. The molecule has 0 radical (unpaired) electrons. The molecule has 2 aliphatic rings. The molecule has 0 unspecified atom stereocenters. The van der Waals surface area contributed by atoms with Crippen molar-refractivity contribution in [3.63, 3.8) is 0 Å². The third-order valence-electron chi connectivity index (χ3n) is 6.70. The van der Waals surface area contributed by atoms with Crippen molar-refractivity contribution in [3.8, 4) is 11.6 Å². The average Bonchev–Trinajstić information content (AvgIpc) is 2.89. The van der Waals surface area contributed by atoms with Crippen LogP contribution >= 0.6 is 0 Å². The Hall–Kier alpha value is -3.16. The number of rotatable bonds is 7. The van der Waals surface area contributed by atoms with Gasteiger partial charge in [-0.1, -0.05) is 19.1 Å². The van der Waals surface area contributed by atoms with Gasteiger partial charge in [0.25, 0.3) is 0 Å². The molecule has 0 spiro atoms. The van der Waals surface area contributed by atoms with E-state index in [0.29, 0.717) is 19.0 Å². The van der Waals surface area contributed by atoms with Crippen LogP contribution in [0.15, 0.2) is 36.7 Å². The predicted molar refractivity (Wildman–Crippen MR) is 129 cm³/mol. The topological polar surface area (TPSA) is 84.9 Å². The molecule has 1 atom stereocenters. The molecular weight excluding hydrogens is 432 g/mol. The van der Waals surface area contributed by atoms with Gasteiger partial charge in [-0.15, -0.1) is 0 Å². The molecule has 8 heteroatoms. The van der Waals surface area contributed by atoms with Crippen molar-refractivity contribution in [3.05, 3.63) is 42.2 Å². The Morgan fingerprint density at radius 2 is 1.76 bits per heavy atom. The molecule has 1 aromatic heterocycles. The summed E-state index contributed by atoms with van der Waals surface area (Å²) in [7, 11) is 0. The quantitative estimate of drug-likeness (QED) is 0.573. The van der Waals surface area contributed by atoms with Crippen molar-refractivity contribution in [2.45, 2.75) is 46.0 Å². The van der Waals surface area contributed by atoms with Crippen LogP contribution in [-0.4, -0.2) is 59.5 Å². The first-order valence-electron chi connectivity index (χ1n) is 12.4. The maximum Gasteiger partial charge on any atom is 0.310 e. The van der Waals surface area contributed by atoms with E-state index in [9.17, 15) is 9.59 Å². The van der Waals surface area contributed by atoms with Crippen LogP contribution in [-0.2, 0) is 20.7 Å². The maximum atomic E-state index is 13.1. The largest absolute Gasteiger partial charge is 0.466 e. The van der Waals surface area contributed by atoms with Crippen LogP contribution in [0.2, 0.25) is 0 Å². The van der Waals surface area contributed by atoms with Gasteiger partial charge in [0.15, 0.2) is 0 Å². The van der Waals surface area contributed by atoms with E-state index in [1.807, 2.05) is 30.0 Å². The molecule has 34 heavy (non-hydrogen) atoms. The fourth-order valence-electron chi connectivity index (χ4n) is 4.72. The number of amides is 1. The van der Waals surface area contributed by atoms with Crippen molar-refractivity contribution in [1.82, 2.24) is 14.9 Å². The molecule has 8 nitrogen and oxygen atoms in total. The predicted octanol–water partition coefficient (Wildman–Crippen LogP) is 3.85. The molecule has 0 N–H and O–H groups in total. The number of piperidine rings is 2. The lowest BCUT2D eigenvalue weighted by molar-refractivity contribution is -0.152. The number of carbonyl (C=O) groups excluding carboxylic acids is 2. The Bertz CT molecular complexity index is 973. The lowest BCUT2D eigenvalue weighted by atomic mass is 9.92. The van der Waals surface area contributed by atoms with E-state index in [4.69, 9.17) is 9.47 Å². The number of ether oxygens (including phenoxy) is 2. The highest BCUT2D eigenvalue weighted by Crippen LogP contribution is 2.28. The van der Waals surface area contributed by atoms with Gasteiger partial charge in [0.2, 0.25) is 11.8 Å². The fraction of sp³-hybridized carbons (Fsp3) is 0.538. The number of anilines is 1. The molecule has 4 rings (SSSR count). The van der Waals surface area contributed by atoms with Crippen molar-refractivity contribution >= 4 is 17.7 Å². The van der Waals surface area contributed by atoms with Crippen LogP contribution in [0, 0.1) is 11.8 Å². The van der Waals surface area contributed by atoms with Crippen molar-refractivity contribution < 1.29 is 19.1 Å². The third kappa shape index (κ3) is 5.85. The fourth-order valence-corrected chi connectivity index (χ4v) is 4.72. The smallest absolute Gasteiger partial charge is 0.310 e. The van der Waals surface area contributed by atoms with Crippen LogP contribution in [0.1, 0.15) is 45.1 Å². The van der Waals surface area contributed by atoms with E-state index in [2.05, 4.69) is 33.9 Å². The van der Waals surface area contributed by atoms with Crippen molar-refractivity contribution in [2.24, 2.45) is 11.8 Å². The summed E-state index contributed by atoms with van der Waals surface area (Å²) in [5, 5.41) is 0.